The van der Waals surface area contributed by atoms with Gasteiger partial charge in [-0.3, -0.25) is 0 Å². The van der Waals surface area contributed by atoms with E-state index in [2.05, 4.69) is 28.3 Å². The second kappa shape index (κ2) is 5.30. The van der Waals surface area contributed by atoms with Crippen molar-refractivity contribution in [2.75, 3.05) is 24.3 Å². The Hall–Kier alpha value is -2.04. The molecule has 1 atom stereocenters. The lowest BCUT2D eigenvalue weighted by Crippen LogP contribution is -2.14. The first-order valence-electron chi connectivity index (χ1n) is 6.31. The fourth-order valence-electron chi connectivity index (χ4n) is 2.02. The number of hydrogen-bond acceptors (Lipinski definition) is 5. The Bertz CT molecular complexity index is 562. The van der Waals surface area contributed by atoms with Crippen molar-refractivity contribution in [2.24, 2.45) is 0 Å². The van der Waals surface area contributed by atoms with Crippen molar-refractivity contribution in [3.05, 3.63) is 35.4 Å². The highest BCUT2D eigenvalue weighted by Gasteiger charge is 2.13. The van der Waals surface area contributed by atoms with E-state index in [9.17, 15) is 0 Å². The Morgan fingerprint density at radius 3 is 2.63 bits per heavy atom. The largest absolute Gasteiger partial charge is 0.466 e. The summed E-state index contributed by atoms with van der Waals surface area (Å²) in [6.45, 7) is 6.03. The predicted octanol–water partition coefficient (Wildman–Crippen LogP) is 2.93. The predicted molar refractivity (Wildman–Crippen MR) is 76.6 cm³/mol. The minimum absolute atomic E-state index is 0.141. The smallest absolute Gasteiger partial charge is 0.226 e. The van der Waals surface area contributed by atoms with Crippen molar-refractivity contribution in [2.45, 2.75) is 26.8 Å². The van der Waals surface area contributed by atoms with Gasteiger partial charge in [-0.15, -0.1) is 0 Å². The number of rotatable bonds is 4. The molecule has 0 aromatic carbocycles. The topological polar surface area (TPSA) is 54.2 Å². The zero-order chi connectivity index (χ0) is 14.0. The van der Waals surface area contributed by atoms with Gasteiger partial charge in [0, 0.05) is 25.9 Å². The van der Waals surface area contributed by atoms with Gasteiger partial charge in [0.05, 0.1) is 6.04 Å². The van der Waals surface area contributed by atoms with Crippen LogP contribution in [0.5, 0.6) is 0 Å². The lowest BCUT2D eigenvalue weighted by atomic mass is 10.1. The molecule has 102 valence electrons. The van der Waals surface area contributed by atoms with Crippen LogP contribution in [0.15, 0.2) is 22.7 Å². The van der Waals surface area contributed by atoms with E-state index in [1.807, 2.05) is 38.9 Å². The third-order valence-electron chi connectivity index (χ3n) is 2.95. The number of hydrogen-bond donors (Lipinski definition) is 1. The van der Waals surface area contributed by atoms with Gasteiger partial charge >= 0.3 is 0 Å². The minimum atomic E-state index is 0.141. The molecule has 0 radical (unpaired) electrons. The Morgan fingerprint density at radius 2 is 2.05 bits per heavy atom. The Morgan fingerprint density at radius 1 is 1.32 bits per heavy atom. The van der Waals surface area contributed by atoms with Crippen molar-refractivity contribution < 1.29 is 4.42 Å². The molecule has 2 rings (SSSR count). The molecule has 0 saturated heterocycles. The molecule has 0 saturated carbocycles. The monoisotopic (exact) mass is 260 g/mol. The molecule has 2 aromatic rings. The highest BCUT2D eigenvalue weighted by Crippen LogP contribution is 2.24. The normalized spacial score (nSPS) is 12.3. The summed E-state index contributed by atoms with van der Waals surface area (Å²) in [4.78, 5) is 10.5. The van der Waals surface area contributed by atoms with E-state index >= 15 is 0 Å². The summed E-state index contributed by atoms with van der Waals surface area (Å²) in [5.74, 6) is 3.37. The molecule has 2 heterocycles. The Balaban J connectivity index is 2.17. The first kappa shape index (κ1) is 13.4. The second-order valence-electron chi connectivity index (χ2n) is 4.87. The molecule has 1 N–H and O–H groups in total. The number of aryl methyl sites for hydroxylation is 2. The van der Waals surface area contributed by atoms with Crippen LogP contribution >= 0.6 is 0 Å². The number of nitrogens with one attached hydrogen (secondary N) is 1. The van der Waals surface area contributed by atoms with Gasteiger partial charge < -0.3 is 14.6 Å². The van der Waals surface area contributed by atoms with Crippen molar-refractivity contribution in [3.8, 4) is 0 Å². The van der Waals surface area contributed by atoms with E-state index in [0.29, 0.717) is 5.95 Å². The summed E-state index contributed by atoms with van der Waals surface area (Å²) >= 11 is 0. The maximum atomic E-state index is 5.55. The minimum Gasteiger partial charge on any atom is -0.466 e. The van der Waals surface area contributed by atoms with Crippen LogP contribution in [0.2, 0.25) is 0 Å². The van der Waals surface area contributed by atoms with Gasteiger partial charge in [-0.25, -0.2) is 4.98 Å². The van der Waals surface area contributed by atoms with Crippen molar-refractivity contribution in [3.63, 3.8) is 0 Å². The molecule has 1 unspecified atom stereocenters. The SMILES string of the molecule is Cc1cc(C(C)Nc2ccnc(N(C)C)n2)c(C)o1. The van der Waals surface area contributed by atoms with Crippen LogP contribution in [-0.4, -0.2) is 24.1 Å². The molecule has 0 bridgehead atoms. The maximum absolute atomic E-state index is 5.55. The van der Waals surface area contributed by atoms with Crippen LogP contribution < -0.4 is 10.2 Å². The van der Waals surface area contributed by atoms with E-state index < -0.39 is 0 Å². The maximum Gasteiger partial charge on any atom is 0.226 e. The lowest BCUT2D eigenvalue weighted by molar-refractivity contribution is 0.500. The molecule has 0 aliphatic rings. The molecular formula is C14H20N4O. The molecule has 0 aliphatic heterocycles. The average molecular weight is 260 g/mol. The first-order valence-corrected chi connectivity index (χ1v) is 6.31. The van der Waals surface area contributed by atoms with Gasteiger partial charge in [-0.05, 0) is 32.9 Å². The van der Waals surface area contributed by atoms with Crippen LogP contribution in [0.4, 0.5) is 11.8 Å². The molecule has 0 spiro atoms. The highest BCUT2D eigenvalue weighted by molar-refractivity contribution is 5.43. The zero-order valence-electron chi connectivity index (χ0n) is 12.1. The number of furan rings is 1. The van der Waals surface area contributed by atoms with Crippen molar-refractivity contribution in [1.29, 1.82) is 0 Å². The van der Waals surface area contributed by atoms with Crippen LogP contribution in [-0.2, 0) is 0 Å². The van der Waals surface area contributed by atoms with Crippen molar-refractivity contribution in [1.82, 2.24) is 9.97 Å². The number of aromatic nitrogens is 2. The summed E-state index contributed by atoms with van der Waals surface area (Å²) in [6.07, 6.45) is 1.75. The molecule has 5 nitrogen and oxygen atoms in total. The highest BCUT2D eigenvalue weighted by atomic mass is 16.3. The van der Waals surface area contributed by atoms with Gasteiger partial charge in [-0.2, -0.15) is 4.98 Å². The van der Waals surface area contributed by atoms with Crippen LogP contribution in [0.25, 0.3) is 0 Å². The van der Waals surface area contributed by atoms with E-state index in [4.69, 9.17) is 4.42 Å². The van der Waals surface area contributed by atoms with E-state index in [-0.39, 0.29) is 6.04 Å². The average Bonchev–Trinajstić information content (AvgIpc) is 2.69. The summed E-state index contributed by atoms with van der Waals surface area (Å²) in [5, 5.41) is 3.37. The number of anilines is 2. The second-order valence-corrected chi connectivity index (χ2v) is 4.87. The lowest BCUT2D eigenvalue weighted by Gasteiger charge is -2.16. The summed E-state index contributed by atoms with van der Waals surface area (Å²) in [7, 11) is 3.85. The van der Waals surface area contributed by atoms with E-state index in [0.717, 1.165) is 22.9 Å². The number of nitrogens with zero attached hydrogens (tertiary/aromatic N) is 3. The van der Waals surface area contributed by atoms with E-state index in [1.54, 1.807) is 6.20 Å². The molecule has 2 aromatic heterocycles. The third kappa shape index (κ3) is 3.05. The van der Waals surface area contributed by atoms with Crippen molar-refractivity contribution >= 4 is 11.8 Å². The molecule has 0 amide bonds. The molecular weight excluding hydrogens is 240 g/mol. The summed E-state index contributed by atoms with van der Waals surface area (Å²) in [6, 6.07) is 4.06. The van der Waals surface area contributed by atoms with Gasteiger partial charge in [-0.1, -0.05) is 0 Å². The summed E-state index contributed by atoms with van der Waals surface area (Å²) in [5.41, 5.74) is 1.16. The van der Waals surface area contributed by atoms with Gasteiger partial charge in [0.2, 0.25) is 5.95 Å². The fraction of sp³-hybridized carbons (Fsp3) is 0.429. The van der Waals surface area contributed by atoms with Gasteiger partial charge in [0.15, 0.2) is 0 Å². The fourth-order valence-corrected chi connectivity index (χ4v) is 2.02. The molecule has 5 heteroatoms. The Labute approximate surface area is 113 Å². The van der Waals surface area contributed by atoms with Gasteiger partial charge in [0.1, 0.15) is 17.3 Å². The molecule has 0 fully saturated rings. The first-order chi connectivity index (χ1) is 8.97. The van der Waals surface area contributed by atoms with Crippen LogP contribution in [0.1, 0.15) is 30.0 Å². The molecule has 19 heavy (non-hydrogen) atoms. The van der Waals surface area contributed by atoms with E-state index in [1.165, 1.54) is 0 Å². The van der Waals surface area contributed by atoms with Crippen LogP contribution in [0.3, 0.4) is 0 Å². The quantitative estimate of drug-likeness (QED) is 0.916. The van der Waals surface area contributed by atoms with Gasteiger partial charge in [0.25, 0.3) is 0 Å². The Kier molecular flexibility index (Phi) is 3.74. The third-order valence-corrected chi connectivity index (χ3v) is 2.95. The van der Waals surface area contributed by atoms with Crippen LogP contribution in [0, 0.1) is 13.8 Å². The standard InChI is InChI=1S/C14H20N4O/c1-9-8-12(11(3)19-9)10(2)16-13-6-7-15-14(17-13)18(4)5/h6-8,10H,1-5H3,(H,15,16,17). The summed E-state index contributed by atoms with van der Waals surface area (Å²) < 4.78 is 5.55. The molecule has 0 aliphatic carbocycles. The zero-order valence-corrected chi connectivity index (χ0v) is 12.1.